The first-order valence-corrected chi connectivity index (χ1v) is 12.2. The van der Waals surface area contributed by atoms with E-state index in [9.17, 15) is 9.18 Å². The monoisotopic (exact) mass is 466 g/mol. The number of benzene rings is 2. The molecule has 1 aliphatic heterocycles. The van der Waals surface area contributed by atoms with Gasteiger partial charge in [0, 0.05) is 5.56 Å². The quantitative estimate of drug-likeness (QED) is 0.450. The molecule has 3 aliphatic rings. The van der Waals surface area contributed by atoms with Gasteiger partial charge in [-0.1, -0.05) is 18.2 Å². The summed E-state index contributed by atoms with van der Waals surface area (Å²) in [6, 6.07) is 11.1. The molecule has 2 aliphatic carbocycles. The van der Waals surface area contributed by atoms with Gasteiger partial charge in [-0.2, -0.15) is 0 Å². The summed E-state index contributed by atoms with van der Waals surface area (Å²) in [5, 5.41) is 0. The molecule has 1 saturated heterocycles. The van der Waals surface area contributed by atoms with Crippen LogP contribution in [0, 0.1) is 11.7 Å². The molecule has 2 aromatic rings. The molecule has 3 unspecified atom stereocenters. The van der Waals surface area contributed by atoms with Crippen LogP contribution in [0.25, 0.3) is 0 Å². The van der Waals surface area contributed by atoms with Gasteiger partial charge in [-0.3, -0.25) is 4.79 Å². The van der Waals surface area contributed by atoms with Gasteiger partial charge in [0.15, 0.2) is 0 Å². The molecule has 3 atom stereocenters. The van der Waals surface area contributed by atoms with E-state index in [-0.39, 0.29) is 29.7 Å². The van der Waals surface area contributed by atoms with Crippen LogP contribution < -0.4 is 10.2 Å². The van der Waals surface area contributed by atoms with Gasteiger partial charge in [-0.25, -0.2) is 4.39 Å². The fourth-order valence-electron chi connectivity index (χ4n) is 5.04. The molecule has 0 bridgehead atoms. The summed E-state index contributed by atoms with van der Waals surface area (Å²) in [7, 11) is -0.525. The molecule has 0 radical (unpaired) electrons. The number of carbonyl (C=O) groups excluding carboxylic acids is 1. The SMILES string of the molecule is CCOC(=O)C1CC1c1ccc(OC2CCc3c(B4OC(C)(C)C(C)(C)O4)ccc(F)c32)cc1. The summed E-state index contributed by atoms with van der Waals surface area (Å²) in [6.45, 7) is 10.3. The second-order valence-electron chi connectivity index (χ2n) is 10.5. The molecule has 0 aromatic heterocycles. The third kappa shape index (κ3) is 4.03. The molecule has 2 aromatic carbocycles. The van der Waals surface area contributed by atoms with E-state index in [1.54, 1.807) is 6.07 Å². The first-order chi connectivity index (χ1) is 16.1. The van der Waals surface area contributed by atoms with Crippen LogP contribution in [-0.4, -0.2) is 30.9 Å². The number of hydrogen-bond donors (Lipinski definition) is 0. The van der Waals surface area contributed by atoms with E-state index in [1.165, 1.54) is 6.07 Å². The van der Waals surface area contributed by atoms with Crippen molar-refractivity contribution in [3.05, 3.63) is 58.9 Å². The average Bonchev–Trinajstić information content (AvgIpc) is 3.41. The molecule has 5 nitrogen and oxygen atoms in total. The summed E-state index contributed by atoms with van der Waals surface area (Å²) in [4.78, 5) is 11.9. The van der Waals surface area contributed by atoms with E-state index >= 15 is 0 Å². The molecule has 0 amide bonds. The Morgan fingerprint density at radius 2 is 1.76 bits per heavy atom. The average molecular weight is 466 g/mol. The first-order valence-electron chi connectivity index (χ1n) is 12.2. The number of halogens is 1. The molecule has 34 heavy (non-hydrogen) atoms. The van der Waals surface area contributed by atoms with Crippen molar-refractivity contribution >= 4 is 18.6 Å². The highest BCUT2D eigenvalue weighted by Gasteiger charge is 2.53. The van der Waals surface area contributed by atoms with Crippen LogP contribution in [0.15, 0.2) is 36.4 Å². The largest absolute Gasteiger partial charge is 0.495 e. The van der Waals surface area contributed by atoms with Gasteiger partial charge in [-0.05, 0) is 94.6 Å². The summed E-state index contributed by atoms with van der Waals surface area (Å²) in [6.07, 6.45) is 1.86. The lowest BCUT2D eigenvalue weighted by molar-refractivity contribution is -0.144. The highest BCUT2D eigenvalue weighted by atomic mass is 19.1. The predicted molar refractivity (Wildman–Crippen MR) is 128 cm³/mol. The molecule has 180 valence electrons. The maximum Gasteiger partial charge on any atom is 0.495 e. The van der Waals surface area contributed by atoms with Crippen molar-refractivity contribution in [2.75, 3.05) is 6.61 Å². The Morgan fingerprint density at radius 3 is 2.41 bits per heavy atom. The number of rotatable bonds is 6. The number of ether oxygens (including phenoxy) is 2. The maximum absolute atomic E-state index is 15.0. The van der Waals surface area contributed by atoms with Crippen LogP contribution in [0.5, 0.6) is 5.75 Å². The second-order valence-corrected chi connectivity index (χ2v) is 10.5. The smallest absolute Gasteiger partial charge is 0.486 e. The second kappa shape index (κ2) is 8.38. The molecule has 2 fully saturated rings. The standard InChI is InChI=1S/C27H32BFO5/c1-6-31-25(30)20-15-19(20)16-7-9-17(10-8-16)32-23-14-11-18-21(12-13-22(29)24(18)23)28-33-26(2,3)27(4,5)34-28/h7-10,12-13,19-20,23H,6,11,14-15H2,1-5H3. The van der Waals surface area contributed by atoms with E-state index in [2.05, 4.69) is 0 Å². The van der Waals surface area contributed by atoms with Crippen LogP contribution in [0.4, 0.5) is 4.39 Å². The third-order valence-corrected chi connectivity index (χ3v) is 7.79. The summed E-state index contributed by atoms with van der Waals surface area (Å²) >= 11 is 0. The van der Waals surface area contributed by atoms with E-state index in [1.807, 2.05) is 58.9 Å². The van der Waals surface area contributed by atoms with Crippen molar-refractivity contribution in [1.29, 1.82) is 0 Å². The topological polar surface area (TPSA) is 54.0 Å². The molecule has 1 heterocycles. The maximum atomic E-state index is 15.0. The molecule has 7 heteroatoms. The van der Waals surface area contributed by atoms with Crippen LogP contribution in [0.2, 0.25) is 0 Å². The first kappa shape index (κ1) is 23.4. The van der Waals surface area contributed by atoms with Crippen molar-refractivity contribution in [3.8, 4) is 5.75 Å². The van der Waals surface area contributed by atoms with Crippen LogP contribution in [0.3, 0.4) is 0 Å². The van der Waals surface area contributed by atoms with Gasteiger partial charge in [0.2, 0.25) is 0 Å². The van der Waals surface area contributed by atoms with Gasteiger partial charge in [0.1, 0.15) is 17.7 Å². The minimum absolute atomic E-state index is 0.0454. The third-order valence-electron chi connectivity index (χ3n) is 7.79. The zero-order chi connectivity index (χ0) is 24.3. The normalized spacial score (nSPS) is 26.3. The van der Waals surface area contributed by atoms with Gasteiger partial charge in [-0.15, -0.1) is 0 Å². The van der Waals surface area contributed by atoms with Crippen molar-refractivity contribution in [1.82, 2.24) is 0 Å². The summed E-state index contributed by atoms with van der Waals surface area (Å²) in [5.41, 5.74) is 2.60. The van der Waals surface area contributed by atoms with Crippen molar-refractivity contribution in [3.63, 3.8) is 0 Å². The van der Waals surface area contributed by atoms with E-state index < -0.39 is 18.3 Å². The van der Waals surface area contributed by atoms with Crippen LogP contribution >= 0.6 is 0 Å². The molecule has 0 N–H and O–H groups in total. The lowest BCUT2D eigenvalue weighted by Crippen LogP contribution is -2.41. The zero-order valence-electron chi connectivity index (χ0n) is 20.5. The molecule has 1 saturated carbocycles. The molecule has 0 spiro atoms. The fraction of sp³-hybridized carbons (Fsp3) is 0.519. The number of carbonyl (C=O) groups is 1. The number of fused-ring (bicyclic) bond motifs is 1. The predicted octanol–water partition coefficient (Wildman–Crippen LogP) is 4.86. The Morgan fingerprint density at radius 1 is 1.09 bits per heavy atom. The van der Waals surface area contributed by atoms with E-state index in [0.717, 1.165) is 23.0 Å². The van der Waals surface area contributed by atoms with E-state index in [0.29, 0.717) is 30.8 Å². The lowest BCUT2D eigenvalue weighted by atomic mass is 9.75. The highest BCUT2D eigenvalue weighted by Crippen LogP contribution is 2.48. The molecule has 5 rings (SSSR count). The summed E-state index contributed by atoms with van der Waals surface area (Å²) < 4.78 is 38.8. The summed E-state index contributed by atoms with van der Waals surface area (Å²) in [5.74, 6) is 0.472. The Kier molecular flexibility index (Phi) is 5.76. The zero-order valence-corrected chi connectivity index (χ0v) is 20.5. The Balaban J connectivity index is 1.31. The van der Waals surface area contributed by atoms with Gasteiger partial charge >= 0.3 is 13.1 Å². The minimum atomic E-state index is -0.525. The highest BCUT2D eigenvalue weighted by molar-refractivity contribution is 6.62. The van der Waals surface area contributed by atoms with E-state index in [4.69, 9.17) is 18.8 Å². The minimum Gasteiger partial charge on any atom is -0.486 e. The molecular weight excluding hydrogens is 434 g/mol. The van der Waals surface area contributed by atoms with Gasteiger partial charge in [0.25, 0.3) is 0 Å². The Bertz CT molecular complexity index is 1080. The lowest BCUT2D eigenvalue weighted by Gasteiger charge is -2.32. The van der Waals surface area contributed by atoms with Crippen molar-refractivity contribution < 1.29 is 28.0 Å². The van der Waals surface area contributed by atoms with Crippen LogP contribution in [0.1, 0.15) is 76.2 Å². The number of hydrogen-bond acceptors (Lipinski definition) is 5. The Labute approximate surface area is 201 Å². The fourth-order valence-corrected chi connectivity index (χ4v) is 5.04. The van der Waals surface area contributed by atoms with Gasteiger partial charge < -0.3 is 18.8 Å². The van der Waals surface area contributed by atoms with Crippen LogP contribution in [-0.2, 0) is 25.3 Å². The van der Waals surface area contributed by atoms with Gasteiger partial charge in [0.05, 0.1) is 23.7 Å². The molecular formula is C27H32BFO5. The van der Waals surface area contributed by atoms with Crippen molar-refractivity contribution in [2.45, 2.75) is 77.1 Å². The van der Waals surface area contributed by atoms with Crippen molar-refractivity contribution in [2.24, 2.45) is 5.92 Å². The Hall–Kier alpha value is -2.38. The number of esters is 1.